The number of benzene rings is 1. The Morgan fingerprint density at radius 3 is 2.82 bits per heavy atom. The maximum Gasteiger partial charge on any atom is 0.00826 e. The lowest BCUT2D eigenvalue weighted by molar-refractivity contribution is 0.512. The second-order valence-electron chi connectivity index (χ2n) is 3.37. The van der Waals surface area contributed by atoms with Gasteiger partial charge in [-0.05, 0) is 24.5 Å². The molecule has 2 atom stereocenters. The quantitative estimate of drug-likeness (QED) is 0.642. The molecule has 0 saturated carbocycles. The molecule has 0 aliphatic heterocycles. The highest BCUT2D eigenvalue weighted by atomic mass is 14.6. The predicted molar refractivity (Wildman–Crippen MR) is 46.5 cm³/mol. The van der Waals surface area contributed by atoms with E-state index in [1.54, 1.807) is 0 Å². The van der Waals surface area contributed by atoms with Crippen molar-refractivity contribution in [1.29, 1.82) is 0 Å². The van der Waals surface area contributed by atoms with Gasteiger partial charge in [-0.25, -0.2) is 0 Å². The van der Waals surface area contributed by atoms with E-state index >= 15 is 0 Å². The molecule has 2 rings (SSSR count). The number of fused-ring (bicyclic) bond motifs is 1. The topological polar surface area (TPSA) is 26.0 Å². The second-order valence-corrected chi connectivity index (χ2v) is 3.37. The van der Waals surface area contributed by atoms with Gasteiger partial charge in [0.25, 0.3) is 0 Å². The molecule has 0 aromatic heterocycles. The van der Waals surface area contributed by atoms with E-state index in [1.807, 2.05) is 0 Å². The van der Waals surface area contributed by atoms with Gasteiger partial charge in [-0.3, -0.25) is 0 Å². The summed E-state index contributed by atoms with van der Waals surface area (Å²) >= 11 is 0. The molecule has 0 fully saturated rings. The summed E-state index contributed by atoms with van der Waals surface area (Å²) in [5.41, 5.74) is 8.75. The van der Waals surface area contributed by atoms with Crippen molar-refractivity contribution in [2.45, 2.75) is 25.3 Å². The van der Waals surface area contributed by atoms with Crippen LogP contribution >= 0.6 is 0 Å². The Balaban J connectivity index is 2.29. The molecule has 0 unspecified atom stereocenters. The van der Waals surface area contributed by atoms with Crippen LogP contribution in [0.3, 0.4) is 0 Å². The summed E-state index contributed by atoms with van der Waals surface area (Å²) in [5.74, 6) is 0.617. The fourth-order valence-electron chi connectivity index (χ4n) is 1.77. The van der Waals surface area contributed by atoms with Gasteiger partial charge >= 0.3 is 0 Å². The van der Waals surface area contributed by atoms with Crippen LogP contribution in [0.25, 0.3) is 0 Å². The highest BCUT2D eigenvalue weighted by molar-refractivity contribution is 5.40. The summed E-state index contributed by atoms with van der Waals surface area (Å²) in [5, 5.41) is 0. The Kier molecular flexibility index (Phi) is 1.46. The van der Waals surface area contributed by atoms with Crippen LogP contribution in [-0.2, 0) is 6.42 Å². The lowest BCUT2D eigenvalue weighted by Gasteiger charge is -2.32. The molecular formula is C10H13N. The zero-order chi connectivity index (χ0) is 7.84. The second kappa shape index (κ2) is 2.35. The summed E-state index contributed by atoms with van der Waals surface area (Å²) in [4.78, 5) is 0. The van der Waals surface area contributed by atoms with Crippen LogP contribution in [-0.4, -0.2) is 6.04 Å². The molecule has 1 aromatic carbocycles. The van der Waals surface area contributed by atoms with E-state index in [0.717, 1.165) is 0 Å². The van der Waals surface area contributed by atoms with E-state index in [0.29, 0.717) is 12.0 Å². The van der Waals surface area contributed by atoms with Gasteiger partial charge in [0.2, 0.25) is 0 Å². The van der Waals surface area contributed by atoms with Crippen molar-refractivity contribution >= 4 is 0 Å². The van der Waals surface area contributed by atoms with Crippen molar-refractivity contribution in [3.63, 3.8) is 0 Å². The van der Waals surface area contributed by atoms with Crippen molar-refractivity contribution < 1.29 is 0 Å². The lowest BCUT2D eigenvalue weighted by atomic mass is 9.74. The third-order valence-corrected chi connectivity index (χ3v) is 2.53. The molecule has 0 spiro atoms. The number of rotatable bonds is 1. The zero-order valence-corrected chi connectivity index (χ0v) is 6.75. The molecule has 0 heterocycles. The first-order chi connectivity index (χ1) is 5.29. The third-order valence-electron chi connectivity index (χ3n) is 2.53. The minimum absolute atomic E-state index is 0.310. The fraction of sp³-hybridized carbons (Fsp3) is 0.400. The van der Waals surface area contributed by atoms with E-state index in [2.05, 4.69) is 31.2 Å². The Labute approximate surface area is 67.2 Å². The Morgan fingerprint density at radius 2 is 2.18 bits per heavy atom. The first kappa shape index (κ1) is 6.86. The molecule has 0 radical (unpaired) electrons. The van der Waals surface area contributed by atoms with Gasteiger partial charge in [0, 0.05) is 12.0 Å². The average molecular weight is 147 g/mol. The van der Waals surface area contributed by atoms with Gasteiger partial charge in [-0.2, -0.15) is 0 Å². The maximum atomic E-state index is 5.81. The molecule has 0 amide bonds. The molecule has 2 N–H and O–H groups in total. The van der Waals surface area contributed by atoms with Crippen molar-refractivity contribution in [3.8, 4) is 0 Å². The summed E-state index contributed by atoms with van der Waals surface area (Å²) in [7, 11) is 0. The zero-order valence-electron chi connectivity index (χ0n) is 6.75. The fourth-order valence-corrected chi connectivity index (χ4v) is 1.77. The van der Waals surface area contributed by atoms with Gasteiger partial charge in [0.05, 0.1) is 0 Å². The van der Waals surface area contributed by atoms with Crippen LogP contribution < -0.4 is 5.73 Å². The summed E-state index contributed by atoms with van der Waals surface area (Å²) in [6, 6.07) is 8.87. The Hall–Kier alpha value is -0.820. The highest BCUT2D eigenvalue weighted by Crippen LogP contribution is 2.36. The molecule has 1 aliphatic rings. The molecule has 1 aromatic rings. The Bertz CT molecular complexity index is 265. The summed E-state index contributed by atoms with van der Waals surface area (Å²) in [6.07, 6.45) is 1.17. The van der Waals surface area contributed by atoms with Gasteiger partial charge in [-0.1, -0.05) is 24.3 Å². The van der Waals surface area contributed by atoms with Gasteiger partial charge in [0.15, 0.2) is 0 Å². The van der Waals surface area contributed by atoms with E-state index in [9.17, 15) is 0 Å². The number of nitrogens with two attached hydrogens (primary N) is 1. The lowest BCUT2D eigenvalue weighted by Crippen LogP contribution is -2.32. The molecule has 58 valence electrons. The van der Waals surface area contributed by atoms with Crippen molar-refractivity contribution in [2.24, 2.45) is 5.73 Å². The van der Waals surface area contributed by atoms with Crippen LogP contribution in [0.4, 0.5) is 0 Å². The van der Waals surface area contributed by atoms with E-state index < -0.39 is 0 Å². The molecule has 0 bridgehead atoms. The van der Waals surface area contributed by atoms with Gasteiger partial charge in [-0.15, -0.1) is 0 Å². The van der Waals surface area contributed by atoms with Gasteiger partial charge in [0.1, 0.15) is 0 Å². The predicted octanol–water partition coefficient (Wildman–Crippen LogP) is 1.67. The van der Waals surface area contributed by atoms with Crippen molar-refractivity contribution in [3.05, 3.63) is 35.4 Å². The maximum absolute atomic E-state index is 5.81. The minimum atomic E-state index is 0.310. The number of hydrogen-bond donors (Lipinski definition) is 1. The highest BCUT2D eigenvalue weighted by Gasteiger charge is 2.27. The average Bonchev–Trinajstić information content (AvgIpc) is 1.90. The first-order valence-electron chi connectivity index (χ1n) is 4.12. The van der Waals surface area contributed by atoms with Gasteiger partial charge < -0.3 is 5.73 Å². The standard InChI is InChI=1S/C10H13N/c1-7(11)10-6-8-4-2-3-5-9(8)10/h2-5,7,10H,6,11H2,1H3/t7-,10+/m0/s1. The normalized spacial score (nSPS) is 23.6. The third kappa shape index (κ3) is 0.962. The SMILES string of the molecule is C[C@H](N)[C@H]1Cc2ccccc21. The van der Waals surface area contributed by atoms with Crippen LogP contribution in [0.15, 0.2) is 24.3 Å². The van der Waals surface area contributed by atoms with Crippen LogP contribution in [0.2, 0.25) is 0 Å². The van der Waals surface area contributed by atoms with Crippen LogP contribution in [0.5, 0.6) is 0 Å². The molecule has 0 saturated heterocycles. The molecule has 1 heteroatoms. The largest absolute Gasteiger partial charge is 0.327 e. The molecule has 1 nitrogen and oxygen atoms in total. The molecular weight excluding hydrogens is 134 g/mol. The summed E-state index contributed by atoms with van der Waals surface area (Å²) < 4.78 is 0. The number of hydrogen-bond acceptors (Lipinski definition) is 1. The minimum Gasteiger partial charge on any atom is -0.327 e. The van der Waals surface area contributed by atoms with E-state index in [1.165, 1.54) is 17.5 Å². The van der Waals surface area contributed by atoms with Crippen molar-refractivity contribution in [2.75, 3.05) is 0 Å². The monoisotopic (exact) mass is 147 g/mol. The molecule has 1 aliphatic carbocycles. The Morgan fingerprint density at radius 1 is 1.45 bits per heavy atom. The van der Waals surface area contributed by atoms with Crippen molar-refractivity contribution in [1.82, 2.24) is 0 Å². The molecule has 11 heavy (non-hydrogen) atoms. The first-order valence-corrected chi connectivity index (χ1v) is 4.12. The van der Waals surface area contributed by atoms with Crippen LogP contribution in [0.1, 0.15) is 24.0 Å². The smallest absolute Gasteiger partial charge is 0.00826 e. The summed E-state index contributed by atoms with van der Waals surface area (Å²) in [6.45, 7) is 2.08. The van der Waals surface area contributed by atoms with E-state index in [4.69, 9.17) is 5.73 Å². The van der Waals surface area contributed by atoms with Crippen LogP contribution in [0, 0.1) is 0 Å². The van der Waals surface area contributed by atoms with E-state index in [-0.39, 0.29) is 0 Å².